The van der Waals surface area contributed by atoms with E-state index in [0.717, 1.165) is 23.4 Å². The highest BCUT2D eigenvalue weighted by Gasteiger charge is 2.19. The highest BCUT2D eigenvalue weighted by molar-refractivity contribution is 6.39. The first-order valence-electron chi connectivity index (χ1n) is 14.7. The second-order valence-electron chi connectivity index (χ2n) is 11.8. The van der Waals surface area contributed by atoms with E-state index in [0.29, 0.717) is 0 Å². The van der Waals surface area contributed by atoms with E-state index < -0.39 is 0 Å². The molecular formula is C28H56B2. The van der Waals surface area contributed by atoms with Crippen LogP contribution in [0, 0.1) is 5.92 Å². The Morgan fingerprint density at radius 3 is 1.13 bits per heavy atom. The van der Waals surface area contributed by atoms with Crippen molar-refractivity contribution in [3.63, 3.8) is 0 Å². The van der Waals surface area contributed by atoms with Gasteiger partial charge in [-0.1, -0.05) is 172 Å². The lowest BCUT2D eigenvalue weighted by Gasteiger charge is -2.23. The molecule has 0 aromatic heterocycles. The summed E-state index contributed by atoms with van der Waals surface area (Å²) in [5.41, 5.74) is 0. The lowest BCUT2D eigenvalue weighted by molar-refractivity contribution is 0.423. The third-order valence-electron chi connectivity index (χ3n) is 8.65. The summed E-state index contributed by atoms with van der Waals surface area (Å²) >= 11 is 0. The SMILES string of the molecule is B[C@@H]1CCCCCC[C@H](B[C@H]2CCCCCC[C@@H](C)CCCCCC2)CCCCC1. The van der Waals surface area contributed by atoms with Gasteiger partial charge < -0.3 is 0 Å². The standard InChI is InChI=1S/C28H56B2/c1-25-17-9-2-5-13-21-27(22-14-6-3-10-18-25)30-28-23-15-7-4-11-19-26(29)20-12-8-16-24-28/h25-28,30H,2-24,29H2,1H3/t25-,26-,27+,28+/m1/s1. The Balaban J connectivity index is 1.78. The van der Waals surface area contributed by atoms with Gasteiger partial charge in [-0.15, -0.1) is 0 Å². The van der Waals surface area contributed by atoms with Crippen LogP contribution >= 0.6 is 0 Å². The summed E-state index contributed by atoms with van der Waals surface area (Å²) in [7, 11) is 4.07. The molecule has 0 spiro atoms. The number of hydrogen-bond acceptors (Lipinski definition) is 0. The Labute approximate surface area is 193 Å². The van der Waals surface area contributed by atoms with Gasteiger partial charge in [0.15, 0.2) is 0 Å². The van der Waals surface area contributed by atoms with Crippen LogP contribution in [0.1, 0.15) is 155 Å². The van der Waals surface area contributed by atoms with Crippen LogP contribution in [0.4, 0.5) is 0 Å². The van der Waals surface area contributed by atoms with Gasteiger partial charge in [0.05, 0.1) is 0 Å². The monoisotopic (exact) mass is 414 g/mol. The van der Waals surface area contributed by atoms with Crippen molar-refractivity contribution in [2.45, 2.75) is 172 Å². The van der Waals surface area contributed by atoms with Crippen molar-refractivity contribution in [3.8, 4) is 0 Å². The second kappa shape index (κ2) is 17.7. The van der Waals surface area contributed by atoms with Crippen molar-refractivity contribution in [1.82, 2.24) is 0 Å². The molecule has 2 heteroatoms. The van der Waals surface area contributed by atoms with Gasteiger partial charge in [-0.05, 0) is 5.92 Å². The fourth-order valence-corrected chi connectivity index (χ4v) is 6.46. The highest BCUT2D eigenvalue weighted by Crippen LogP contribution is 2.33. The topological polar surface area (TPSA) is 0 Å². The van der Waals surface area contributed by atoms with Crippen LogP contribution < -0.4 is 0 Å². The van der Waals surface area contributed by atoms with Crippen molar-refractivity contribution in [2.24, 2.45) is 5.92 Å². The van der Waals surface area contributed by atoms with Crippen LogP contribution in [0.5, 0.6) is 0 Å². The van der Waals surface area contributed by atoms with Crippen molar-refractivity contribution in [1.29, 1.82) is 0 Å². The molecule has 0 saturated heterocycles. The first-order chi connectivity index (χ1) is 14.7. The summed E-state index contributed by atoms with van der Waals surface area (Å²) in [6, 6.07) is 0. The molecule has 0 radical (unpaired) electrons. The average molecular weight is 414 g/mol. The molecule has 0 aromatic rings. The fraction of sp³-hybridized carbons (Fsp3) is 1.00. The van der Waals surface area contributed by atoms with Gasteiger partial charge in [0.2, 0.25) is 0 Å². The van der Waals surface area contributed by atoms with E-state index in [1.807, 2.05) is 0 Å². The normalized spacial score (nSPS) is 33.2. The van der Waals surface area contributed by atoms with Crippen LogP contribution in [0.25, 0.3) is 0 Å². The minimum atomic E-state index is 0.981. The Morgan fingerprint density at radius 2 is 0.733 bits per heavy atom. The number of hydrogen-bond donors (Lipinski definition) is 0. The zero-order chi connectivity index (χ0) is 21.3. The predicted molar refractivity (Wildman–Crippen MR) is 142 cm³/mol. The summed E-state index contributed by atoms with van der Waals surface area (Å²) in [6.07, 6.45) is 34.7. The van der Waals surface area contributed by atoms with E-state index in [1.165, 1.54) is 122 Å². The van der Waals surface area contributed by atoms with Gasteiger partial charge in [0.1, 0.15) is 15.1 Å². The van der Waals surface area contributed by atoms with Gasteiger partial charge >= 0.3 is 0 Å². The highest BCUT2D eigenvalue weighted by atomic mass is 14.1. The van der Waals surface area contributed by atoms with E-state index in [9.17, 15) is 0 Å². The molecule has 2 rings (SSSR count). The van der Waals surface area contributed by atoms with E-state index >= 15 is 0 Å². The van der Waals surface area contributed by atoms with Crippen molar-refractivity contribution >= 4 is 15.1 Å². The van der Waals surface area contributed by atoms with Crippen molar-refractivity contribution in [2.75, 3.05) is 0 Å². The summed E-state index contributed by atoms with van der Waals surface area (Å²) in [4.78, 5) is 0. The first-order valence-corrected chi connectivity index (χ1v) is 14.7. The van der Waals surface area contributed by atoms with Gasteiger partial charge in [0.25, 0.3) is 0 Å². The maximum absolute atomic E-state index is 2.50. The molecule has 0 aromatic carbocycles. The van der Waals surface area contributed by atoms with Crippen LogP contribution in [0.2, 0.25) is 17.5 Å². The molecule has 0 N–H and O–H groups in total. The molecule has 0 nitrogen and oxygen atoms in total. The fourth-order valence-electron chi connectivity index (χ4n) is 6.46. The van der Waals surface area contributed by atoms with Crippen LogP contribution in [-0.2, 0) is 0 Å². The zero-order valence-electron chi connectivity index (χ0n) is 21.3. The predicted octanol–water partition coefficient (Wildman–Crippen LogP) is 9.06. The van der Waals surface area contributed by atoms with E-state index in [2.05, 4.69) is 14.8 Å². The minimum absolute atomic E-state index is 0.981. The first kappa shape index (κ1) is 26.4. The summed E-state index contributed by atoms with van der Waals surface area (Å²) in [6.45, 7) is 2.49. The molecule has 2 aliphatic rings. The van der Waals surface area contributed by atoms with Gasteiger partial charge in [-0.3, -0.25) is 0 Å². The van der Waals surface area contributed by atoms with Crippen molar-refractivity contribution < 1.29 is 0 Å². The Hall–Kier alpha value is 0.130. The summed E-state index contributed by atoms with van der Waals surface area (Å²) in [5, 5.41) is 0. The lowest BCUT2D eigenvalue weighted by Crippen LogP contribution is -2.13. The minimum Gasteiger partial charge on any atom is -0.0697 e. The Bertz CT molecular complexity index is 367. The van der Waals surface area contributed by atoms with Crippen molar-refractivity contribution in [3.05, 3.63) is 0 Å². The maximum atomic E-state index is 2.50. The second-order valence-corrected chi connectivity index (χ2v) is 11.8. The van der Waals surface area contributed by atoms with Gasteiger partial charge in [-0.2, -0.15) is 0 Å². The van der Waals surface area contributed by atoms with Crippen LogP contribution in [0.3, 0.4) is 0 Å². The summed E-state index contributed by atoms with van der Waals surface area (Å²) < 4.78 is 0. The molecular weight excluding hydrogens is 358 g/mol. The largest absolute Gasteiger partial charge is 0.127 e. The molecule has 174 valence electrons. The van der Waals surface area contributed by atoms with E-state index in [1.54, 1.807) is 33.0 Å². The van der Waals surface area contributed by atoms with Gasteiger partial charge in [0, 0.05) is 0 Å². The van der Waals surface area contributed by atoms with E-state index in [-0.39, 0.29) is 0 Å². The van der Waals surface area contributed by atoms with Crippen LogP contribution in [-0.4, -0.2) is 15.1 Å². The third kappa shape index (κ3) is 13.5. The zero-order valence-corrected chi connectivity index (χ0v) is 21.3. The molecule has 0 unspecified atom stereocenters. The lowest BCUT2D eigenvalue weighted by atomic mass is 9.50. The molecule has 0 bridgehead atoms. The molecule has 2 atom stereocenters. The Morgan fingerprint density at radius 1 is 0.433 bits per heavy atom. The molecule has 2 saturated carbocycles. The Kier molecular flexibility index (Phi) is 15.5. The third-order valence-corrected chi connectivity index (χ3v) is 8.65. The quantitative estimate of drug-likeness (QED) is 0.395. The van der Waals surface area contributed by atoms with Crippen LogP contribution in [0.15, 0.2) is 0 Å². The molecule has 0 heterocycles. The maximum Gasteiger partial charge on any atom is 0.127 e. The average Bonchev–Trinajstić information content (AvgIpc) is 2.75. The molecule has 2 aliphatic carbocycles. The molecule has 0 aliphatic heterocycles. The van der Waals surface area contributed by atoms with E-state index in [4.69, 9.17) is 0 Å². The summed E-state index contributed by atoms with van der Waals surface area (Å²) in [5.74, 6) is 4.06. The molecule has 2 fully saturated rings. The smallest absolute Gasteiger partial charge is 0.0697 e. The molecule has 0 amide bonds. The van der Waals surface area contributed by atoms with Gasteiger partial charge in [-0.25, -0.2) is 0 Å². The number of rotatable bonds is 2. The molecule has 30 heavy (non-hydrogen) atoms.